The van der Waals surface area contributed by atoms with E-state index in [2.05, 4.69) is 30.8 Å². The van der Waals surface area contributed by atoms with Crippen LogP contribution >= 0.6 is 23.2 Å². The maximum absolute atomic E-state index is 12.6. The second kappa shape index (κ2) is 9.02. The van der Waals surface area contributed by atoms with E-state index in [9.17, 15) is 18.3 Å². The van der Waals surface area contributed by atoms with Crippen LogP contribution in [0.15, 0.2) is 47.4 Å². The van der Waals surface area contributed by atoms with Crippen LogP contribution in [0.4, 0.5) is 5.69 Å². The molecule has 0 spiro atoms. The van der Waals surface area contributed by atoms with Crippen molar-refractivity contribution in [3.8, 4) is 0 Å². The summed E-state index contributed by atoms with van der Waals surface area (Å²) in [4.78, 5) is 12.5. The average molecular weight is 459 g/mol. The summed E-state index contributed by atoms with van der Waals surface area (Å²) in [6.07, 6.45) is -1.28. The average Bonchev–Trinajstić information content (AvgIpc) is 2.61. The van der Waals surface area contributed by atoms with E-state index in [0.717, 1.165) is 5.56 Å². The Kier molecular flexibility index (Phi) is 7.35. The van der Waals surface area contributed by atoms with Gasteiger partial charge in [-0.1, -0.05) is 56.1 Å². The minimum absolute atomic E-state index is 0.0415. The van der Waals surface area contributed by atoms with Gasteiger partial charge in [-0.3, -0.25) is 4.79 Å². The van der Waals surface area contributed by atoms with Crippen molar-refractivity contribution in [2.45, 2.75) is 50.2 Å². The molecule has 0 unspecified atom stereocenters. The zero-order chi connectivity index (χ0) is 22.0. The van der Waals surface area contributed by atoms with Crippen LogP contribution in [0.2, 0.25) is 10.0 Å². The zero-order valence-electron chi connectivity index (χ0n) is 16.5. The molecule has 9 heteroatoms. The van der Waals surface area contributed by atoms with E-state index in [-0.39, 0.29) is 20.4 Å². The first-order valence-corrected chi connectivity index (χ1v) is 11.1. The monoisotopic (exact) mass is 458 g/mol. The Bertz CT molecular complexity index is 985. The number of hydrogen-bond acceptors (Lipinski definition) is 4. The molecule has 0 aromatic heterocycles. The van der Waals surface area contributed by atoms with Crippen LogP contribution in [0.3, 0.4) is 0 Å². The van der Waals surface area contributed by atoms with Gasteiger partial charge in [0, 0.05) is 5.69 Å². The molecule has 0 saturated heterocycles. The third-order valence-electron chi connectivity index (χ3n) is 4.27. The molecule has 1 amide bonds. The molecule has 0 aliphatic carbocycles. The molecule has 29 heavy (non-hydrogen) atoms. The quantitative estimate of drug-likeness (QED) is 0.610. The summed E-state index contributed by atoms with van der Waals surface area (Å²) in [5, 5.41) is 12.9. The fourth-order valence-electron chi connectivity index (χ4n) is 2.52. The van der Waals surface area contributed by atoms with E-state index in [0.29, 0.717) is 5.69 Å². The molecular formula is C20H24Cl2N2O4S. The molecule has 6 nitrogen and oxygen atoms in total. The van der Waals surface area contributed by atoms with Gasteiger partial charge in [-0.15, -0.1) is 0 Å². The molecule has 0 heterocycles. The van der Waals surface area contributed by atoms with Gasteiger partial charge in [0.15, 0.2) is 0 Å². The van der Waals surface area contributed by atoms with Gasteiger partial charge in [-0.2, -0.15) is 4.72 Å². The van der Waals surface area contributed by atoms with Gasteiger partial charge in [0.1, 0.15) is 6.04 Å². The molecule has 0 saturated carbocycles. The minimum Gasteiger partial charge on any atom is -0.391 e. The maximum Gasteiger partial charge on any atom is 0.245 e. The number of aliphatic hydroxyl groups excluding tert-OH is 1. The lowest BCUT2D eigenvalue weighted by Crippen LogP contribution is -2.50. The molecule has 0 radical (unpaired) electrons. The van der Waals surface area contributed by atoms with E-state index < -0.39 is 28.1 Å². The topological polar surface area (TPSA) is 95.5 Å². The second-order valence-electron chi connectivity index (χ2n) is 7.73. The number of sulfonamides is 1. The lowest BCUT2D eigenvalue weighted by atomic mass is 9.87. The van der Waals surface area contributed by atoms with E-state index >= 15 is 0 Å². The minimum atomic E-state index is -4.12. The number of rotatable bonds is 6. The van der Waals surface area contributed by atoms with Gasteiger partial charge >= 0.3 is 0 Å². The molecule has 0 bridgehead atoms. The molecular weight excluding hydrogens is 435 g/mol. The first-order chi connectivity index (χ1) is 13.3. The smallest absolute Gasteiger partial charge is 0.245 e. The first-order valence-electron chi connectivity index (χ1n) is 8.88. The molecule has 2 aromatic carbocycles. The molecule has 0 aliphatic rings. The zero-order valence-corrected chi connectivity index (χ0v) is 18.9. The van der Waals surface area contributed by atoms with Crippen molar-refractivity contribution >= 4 is 44.8 Å². The normalized spacial score (nSPS) is 14.3. The molecule has 3 N–H and O–H groups in total. The van der Waals surface area contributed by atoms with Crippen molar-refractivity contribution in [1.82, 2.24) is 4.72 Å². The summed E-state index contributed by atoms with van der Waals surface area (Å²) in [6.45, 7) is 7.54. The molecule has 2 atom stereocenters. The van der Waals surface area contributed by atoms with E-state index in [4.69, 9.17) is 23.2 Å². The fraction of sp³-hybridized carbons (Fsp3) is 0.350. The summed E-state index contributed by atoms with van der Waals surface area (Å²) in [7, 11) is -4.12. The van der Waals surface area contributed by atoms with Gasteiger partial charge in [-0.25, -0.2) is 8.42 Å². The maximum atomic E-state index is 12.6. The highest BCUT2D eigenvalue weighted by atomic mass is 35.5. The van der Waals surface area contributed by atoms with Crippen molar-refractivity contribution in [3.63, 3.8) is 0 Å². The second-order valence-corrected chi connectivity index (χ2v) is 10.3. The highest BCUT2D eigenvalue weighted by Crippen LogP contribution is 2.25. The Morgan fingerprint density at radius 2 is 1.62 bits per heavy atom. The number of hydrogen-bond donors (Lipinski definition) is 3. The van der Waals surface area contributed by atoms with Gasteiger partial charge < -0.3 is 10.4 Å². The van der Waals surface area contributed by atoms with E-state index in [1.54, 1.807) is 12.1 Å². The van der Waals surface area contributed by atoms with Gasteiger partial charge in [0.05, 0.1) is 21.0 Å². The molecule has 2 rings (SSSR count). The molecule has 158 valence electrons. The summed E-state index contributed by atoms with van der Waals surface area (Å²) < 4.78 is 27.5. The number of carbonyl (C=O) groups is 1. The number of amides is 1. The highest BCUT2D eigenvalue weighted by Gasteiger charge is 2.30. The number of anilines is 1. The number of nitrogens with one attached hydrogen (secondary N) is 2. The number of aliphatic hydroxyl groups is 1. The standard InChI is InChI=1S/C20H24Cl2N2O4S/c1-12(25)18(24-29(27,28)15-9-10-16(21)17(22)11-15)19(26)23-14-7-5-13(6-8-14)20(2,3)4/h5-12,18,24-25H,1-4H3,(H,23,26)/t12-,18-/m0/s1. The summed E-state index contributed by atoms with van der Waals surface area (Å²) in [6, 6.07) is 9.59. The molecule has 2 aromatic rings. The largest absolute Gasteiger partial charge is 0.391 e. The Balaban J connectivity index is 2.20. The molecule has 0 aliphatic heterocycles. The lowest BCUT2D eigenvalue weighted by molar-refractivity contribution is -0.119. The van der Waals surface area contributed by atoms with Crippen LogP contribution < -0.4 is 10.0 Å². The van der Waals surface area contributed by atoms with Crippen LogP contribution in [0.1, 0.15) is 33.3 Å². The van der Waals surface area contributed by atoms with Crippen molar-refractivity contribution < 1.29 is 18.3 Å². The van der Waals surface area contributed by atoms with Crippen molar-refractivity contribution in [2.75, 3.05) is 5.32 Å². The van der Waals surface area contributed by atoms with Crippen molar-refractivity contribution in [3.05, 3.63) is 58.1 Å². The Morgan fingerprint density at radius 1 is 1.03 bits per heavy atom. The van der Waals surface area contributed by atoms with Gasteiger partial charge in [-0.05, 0) is 48.2 Å². The van der Waals surface area contributed by atoms with Crippen LogP contribution in [0, 0.1) is 0 Å². The number of benzene rings is 2. The SMILES string of the molecule is C[C@H](O)[C@H](NS(=O)(=O)c1ccc(Cl)c(Cl)c1)C(=O)Nc1ccc(C(C)(C)C)cc1. The first kappa shape index (κ1) is 23.6. The van der Waals surface area contributed by atoms with Crippen LogP contribution in [-0.4, -0.2) is 31.6 Å². The Morgan fingerprint density at radius 3 is 2.10 bits per heavy atom. The van der Waals surface area contributed by atoms with E-state index in [1.807, 2.05) is 12.1 Å². The van der Waals surface area contributed by atoms with Crippen LogP contribution in [-0.2, 0) is 20.2 Å². The summed E-state index contributed by atoms with van der Waals surface area (Å²) in [5.74, 6) is -0.688. The number of carbonyl (C=O) groups excluding carboxylic acids is 1. The summed E-state index contributed by atoms with van der Waals surface area (Å²) >= 11 is 11.7. The van der Waals surface area contributed by atoms with Crippen LogP contribution in [0.25, 0.3) is 0 Å². The fourth-order valence-corrected chi connectivity index (χ4v) is 4.18. The van der Waals surface area contributed by atoms with E-state index in [1.165, 1.54) is 25.1 Å². The number of halogens is 2. The highest BCUT2D eigenvalue weighted by molar-refractivity contribution is 7.89. The predicted molar refractivity (Wildman–Crippen MR) is 116 cm³/mol. The van der Waals surface area contributed by atoms with Crippen molar-refractivity contribution in [1.29, 1.82) is 0 Å². The van der Waals surface area contributed by atoms with Crippen LogP contribution in [0.5, 0.6) is 0 Å². The van der Waals surface area contributed by atoms with Gasteiger partial charge in [0.25, 0.3) is 0 Å². The Hall–Kier alpha value is -1.64. The summed E-state index contributed by atoms with van der Waals surface area (Å²) in [5.41, 5.74) is 1.53. The predicted octanol–water partition coefficient (Wildman–Crippen LogP) is 3.96. The van der Waals surface area contributed by atoms with Gasteiger partial charge in [0.2, 0.25) is 15.9 Å². The van der Waals surface area contributed by atoms with Crippen molar-refractivity contribution in [2.24, 2.45) is 0 Å². The lowest BCUT2D eigenvalue weighted by Gasteiger charge is -2.22. The third kappa shape index (κ3) is 6.17. The third-order valence-corrected chi connectivity index (χ3v) is 6.44. The molecule has 0 fully saturated rings. The Labute approximate surface area is 181 Å².